The monoisotopic (exact) mass is 1010 g/mol. The molecule has 71 heavy (non-hydrogen) atoms. The van der Waals surface area contributed by atoms with Crippen molar-refractivity contribution in [3.8, 4) is 0 Å². The largest absolute Gasteiger partial charge is 0.474 e. The molecule has 10 heteroatoms. The van der Waals surface area contributed by atoms with Gasteiger partial charge in [0.15, 0.2) is 6.29 Å². The van der Waals surface area contributed by atoms with E-state index < -0.39 is 45.1 Å². The van der Waals surface area contributed by atoms with E-state index in [1.54, 1.807) is 6.08 Å². The highest BCUT2D eigenvalue weighted by atomic mass is 31.2. The van der Waals surface area contributed by atoms with Crippen molar-refractivity contribution in [2.24, 2.45) is 0 Å². The third-order valence-electron chi connectivity index (χ3n) is 13.1. The van der Waals surface area contributed by atoms with E-state index in [1.165, 1.54) is 68.6 Å². The van der Waals surface area contributed by atoms with Crippen LogP contribution in [0.1, 0.15) is 212 Å². The molecule has 0 spiro atoms. The molecule has 9 nitrogen and oxygen atoms in total. The molecule has 1 heterocycles. The number of aliphatic hydroxyl groups is 4. The van der Waals surface area contributed by atoms with Gasteiger partial charge in [0.05, 0.1) is 13.2 Å². The average Bonchev–Trinajstić information content (AvgIpc) is 3.29. The van der Waals surface area contributed by atoms with E-state index in [1.807, 2.05) is 6.92 Å². The minimum Gasteiger partial charge on any atom is -0.394 e. The van der Waals surface area contributed by atoms with Crippen LogP contribution in [-0.4, -0.2) is 69.2 Å². The summed E-state index contributed by atoms with van der Waals surface area (Å²) in [5.74, 6) is 0. The Kier molecular flexibility index (Phi) is 35.9. The Morgan fingerprint density at radius 2 is 0.662 bits per heavy atom. The van der Waals surface area contributed by atoms with Gasteiger partial charge in [0.1, 0.15) is 24.4 Å². The first kappa shape index (κ1) is 66.1. The second kappa shape index (κ2) is 38.6. The Morgan fingerprint density at radius 3 is 0.915 bits per heavy atom. The van der Waals surface area contributed by atoms with Crippen LogP contribution in [0.2, 0.25) is 0 Å². The molecule has 0 aromatic heterocycles. The van der Waals surface area contributed by atoms with E-state index >= 15 is 0 Å². The minimum atomic E-state index is -4.67. The Morgan fingerprint density at radius 1 is 0.408 bits per heavy atom. The predicted octanol–water partition coefficient (Wildman–Crippen LogP) is 16.2. The van der Waals surface area contributed by atoms with Crippen LogP contribution in [0.25, 0.3) is 0 Å². The number of hydrogen-bond donors (Lipinski definition) is 5. The van der Waals surface area contributed by atoms with Crippen molar-refractivity contribution in [3.05, 3.63) is 128 Å². The normalized spacial score (nSPS) is 21.8. The van der Waals surface area contributed by atoms with Gasteiger partial charge in [0.25, 0.3) is 0 Å². The highest BCUT2D eigenvalue weighted by molar-refractivity contribution is 7.47. The summed E-state index contributed by atoms with van der Waals surface area (Å²) in [5, 5.41) is 39.1. The summed E-state index contributed by atoms with van der Waals surface area (Å²) in [4.78, 5) is 10.1. The Bertz CT molecular complexity index is 1930. The molecular weight excluding hydrogens is 908 g/mol. The fourth-order valence-electron chi connectivity index (χ4n) is 8.12. The third-order valence-corrected chi connectivity index (χ3v) is 14.1. The Labute approximate surface area is 433 Å². The smallest absolute Gasteiger partial charge is 0.394 e. The second-order valence-corrected chi connectivity index (χ2v) is 22.1. The van der Waals surface area contributed by atoms with E-state index in [2.05, 4.69) is 137 Å². The summed E-state index contributed by atoms with van der Waals surface area (Å²) in [6.45, 7) is 25.7. The molecule has 1 saturated heterocycles. The Balaban J connectivity index is 2.26. The lowest BCUT2D eigenvalue weighted by atomic mass is 10.00. The lowest BCUT2D eigenvalue weighted by Crippen LogP contribution is -2.58. The van der Waals surface area contributed by atoms with Gasteiger partial charge in [-0.05, 0) is 212 Å². The molecule has 0 aliphatic carbocycles. The van der Waals surface area contributed by atoms with Crippen LogP contribution in [0.3, 0.4) is 0 Å². The molecule has 1 fully saturated rings. The zero-order valence-electron chi connectivity index (χ0n) is 46.6. The summed E-state index contributed by atoms with van der Waals surface area (Å²) in [5.41, 5.74) is 15.6. The molecule has 0 saturated carbocycles. The molecule has 6 atom stereocenters. The van der Waals surface area contributed by atoms with Gasteiger partial charge in [-0.25, -0.2) is 4.57 Å². The van der Waals surface area contributed by atoms with E-state index in [0.717, 1.165) is 121 Å². The molecule has 5 N–H and O–H groups in total. The maximum absolute atomic E-state index is 12.4. The van der Waals surface area contributed by atoms with E-state index in [0.29, 0.717) is 0 Å². The van der Waals surface area contributed by atoms with Crippen molar-refractivity contribution < 1.29 is 43.7 Å². The zero-order valence-corrected chi connectivity index (χ0v) is 47.5. The van der Waals surface area contributed by atoms with Gasteiger partial charge in [-0.3, -0.25) is 9.05 Å². The molecule has 0 radical (unpaired) electrons. The average molecular weight is 1010 g/mol. The number of rotatable bonds is 36. The van der Waals surface area contributed by atoms with Crippen LogP contribution < -0.4 is 0 Å². The van der Waals surface area contributed by atoms with Gasteiger partial charge in [0.2, 0.25) is 0 Å². The summed E-state index contributed by atoms with van der Waals surface area (Å²) in [7, 11) is -4.67. The first-order valence-electron chi connectivity index (χ1n) is 26.8. The van der Waals surface area contributed by atoms with Crippen molar-refractivity contribution in [2.45, 2.75) is 242 Å². The number of aliphatic hydroxyl groups excluding tert-OH is 4. The molecule has 1 aliphatic rings. The highest BCUT2D eigenvalue weighted by Crippen LogP contribution is 2.46. The molecule has 1 rings (SSSR count). The van der Waals surface area contributed by atoms with Crippen molar-refractivity contribution in [3.63, 3.8) is 0 Å². The summed E-state index contributed by atoms with van der Waals surface area (Å²) < 4.78 is 27.4. The van der Waals surface area contributed by atoms with Crippen LogP contribution in [-0.2, 0) is 18.3 Å². The summed E-state index contributed by atoms with van der Waals surface area (Å²) in [6, 6.07) is 0. The van der Waals surface area contributed by atoms with Crippen molar-refractivity contribution >= 4 is 7.82 Å². The second-order valence-electron chi connectivity index (χ2n) is 20.7. The summed E-state index contributed by atoms with van der Waals surface area (Å²) in [6.07, 6.45) is 39.1. The first-order chi connectivity index (χ1) is 33.6. The predicted molar refractivity (Wildman–Crippen MR) is 300 cm³/mol. The van der Waals surface area contributed by atoms with Gasteiger partial charge in [-0.15, -0.1) is 0 Å². The van der Waals surface area contributed by atoms with Crippen LogP contribution in [0.4, 0.5) is 0 Å². The van der Waals surface area contributed by atoms with Gasteiger partial charge in [-0.1, -0.05) is 128 Å². The van der Waals surface area contributed by atoms with Crippen LogP contribution >= 0.6 is 7.82 Å². The Hall–Kier alpha value is -2.95. The van der Waals surface area contributed by atoms with Crippen molar-refractivity contribution in [1.82, 2.24) is 0 Å². The molecule has 0 amide bonds. The van der Waals surface area contributed by atoms with Gasteiger partial charge < -0.3 is 30.1 Å². The molecule has 1 aliphatic heterocycles. The van der Waals surface area contributed by atoms with Crippen molar-refractivity contribution in [1.29, 1.82) is 0 Å². The maximum atomic E-state index is 12.4. The molecule has 0 aromatic carbocycles. The fraction of sp³-hybridized carbons (Fsp3) is 0.639. The van der Waals surface area contributed by atoms with Crippen LogP contribution in [0.15, 0.2) is 128 Å². The quantitative estimate of drug-likeness (QED) is 0.0306. The molecular formula is C61H101O9P. The molecule has 2 unspecified atom stereocenters. The van der Waals surface area contributed by atoms with Gasteiger partial charge in [0, 0.05) is 0 Å². The van der Waals surface area contributed by atoms with E-state index in [4.69, 9.17) is 13.8 Å². The summed E-state index contributed by atoms with van der Waals surface area (Å²) >= 11 is 0. The highest BCUT2D eigenvalue weighted by Gasteiger charge is 2.46. The zero-order chi connectivity index (χ0) is 53.2. The first-order valence-corrected chi connectivity index (χ1v) is 28.3. The van der Waals surface area contributed by atoms with E-state index in [-0.39, 0.29) is 6.61 Å². The number of hydrogen-bond acceptors (Lipinski definition) is 8. The standard InChI is InChI=1S/C61H101O9P/c1-46(2)23-13-24-47(3)25-14-26-48(4)27-15-28-49(5)29-16-30-50(6)31-17-32-51(7)33-18-34-52(8)35-19-36-53(9)37-20-38-54(10)39-21-40-55(11)41-22-42-56(12)43-44-68-71(66,67)70-61-60(65)59(64)58(63)57(45-62)69-61/h23,25,27,29,31,33,35,37,39,41,43,57-65H,13-22,24,26,28,30,32,34,36,38,40,42,44-45H2,1-12H3,(H,66,67)/b47-25+,48-27+,49-29+,50-31+,51-33+,52-35+,53-37+,54-39+,55-41+,56-43+/t57-,58-,59+,60-,61?/m1/s1. The lowest BCUT2D eigenvalue weighted by molar-refractivity contribution is -0.281. The molecule has 0 bridgehead atoms. The van der Waals surface area contributed by atoms with E-state index in [9.17, 15) is 29.9 Å². The number of phosphoric acid groups is 1. The van der Waals surface area contributed by atoms with Gasteiger partial charge in [-0.2, -0.15) is 0 Å². The SMILES string of the molecule is CC(C)=CCC/C(C)=C/CC/C(C)=C/CC/C(C)=C/CC/C(C)=C/CC/C(C)=C/CC/C(C)=C/CC/C(C)=C/CC/C(C)=C/CC/C(C)=C/CC/C(C)=C/COP(=O)(O)OC1O[C@H](CO)[C@@H](O)[C@H](O)[C@H]1O. The third kappa shape index (κ3) is 34.2. The van der Waals surface area contributed by atoms with Crippen molar-refractivity contribution in [2.75, 3.05) is 13.2 Å². The van der Waals surface area contributed by atoms with Gasteiger partial charge >= 0.3 is 7.82 Å². The van der Waals surface area contributed by atoms with Crippen LogP contribution in [0, 0.1) is 0 Å². The number of allylic oxidation sites excluding steroid dienone is 21. The fourth-order valence-corrected chi connectivity index (χ4v) is 8.88. The topological polar surface area (TPSA) is 146 Å². The maximum Gasteiger partial charge on any atom is 0.474 e. The number of phosphoric ester groups is 1. The number of ether oxygens (including phenoxy) is 1. The van der Waals surface area contributed by atoms with Crippen LogP contribution in [0.5, 0.6) is 0 Å². The molecule has 0 aromatic rings. The lowest BCUT2D eigenvalue weighted by Gasteiger charge is -2.39. The minimum absolute atomic E-state index is 0.207. The molecule has 404 valence electrons.